The van der Waals surface area contributed by atoms with Gasteiger partial charge < -0.3 is 4.42 Å². The Bertz CT molecular complexity index is 345. The van der Waals surface area contributed by atoms with E-state index >= 15 is 0 Å². The van der Waals surface area contributed by atoms with Gasteiger partial charge in [0.1, 0.15) is 11.5 Å². The minimum atomic E-state index is 0.792. The lowest BCUT2D eigenvalue weighted by molar-refractivity contribution is 0.522. The van der Waals surface area contributed by atoms with Crippen molar-refractivity contribution in [1.82, 2.24) is 0 Å². The third-order valence-electron chi connectivity index (χ3n) is 1.57. The van der Waals surface area contributed by atoms with Crippen LogP contribution in [0.5, 0.6) is 0 Å². The highest BCUT2D eigenvalue weighted by Crippen LogP contribution is 2.16. The van der Waals surface area contributed by atoms with Crippen LogP contribution in [0.3, 0.4) is 0 Å². The fourth-order valence-corrected chi connectivity index (χ4v) is 0.908. The van der Waals surface area contributed by atoms with Gasteiger partial charge in [-0.1, -0.05) is 6.58 Å². The van der Waals surface area contributed by atoms with Crippen LogP contribution in [0.4, 0.5) is 0 Å². The Morgan fingerprint density at radius 2 is 2.31 bits per heavy atom. The van der Waals surface area contributed by atoms with Crippen molar-refractivity contribution in [2.75, 3.05) is 0 Å². The molecule has 68 valence electrons. The van der Waals surface area contributed by atoms with Crippen LogP contribution >= 0.6 is 0 Å². The average molecular weight is 175 g/mol. The molecule has 0 saturated carbocycles. The van der Waals surface area contributed by atoms with E-state index in [0.29, 0.717) is 0 Å². The molecule has 1 heterocycles. The summed E-state index contributed by atoms with van der Waals surface area (Å²) in [5.74, 6) is 1.68. The van der Waals surface area contributed by atoms with Gasteiger partial charge in [0.25, 0.3) is 0 Å². The summed E-state index contributed by atoms with van der Waals surface area (Å²) in [7, 11) is 0. The van der Waals surface area contributed by atoms with Gasteiger partial charge in [0.15, 0.2) is 0 Å². The van der Waals surface area contributed by atoms with E-state index in [1.54, 1.807) is 12.4 Å². The molecule has 0 bridgehead atoms. The Kier molecular flexibility index (Phi) is 3.26. The smallest absolute Gasteiger partial charge is 0.133 e. The van der Waals surface area contributed by atoms with Crippen molar-refractivity contribution >= 4 is 11.8 Å². The Hall–Kier alpha value is -1.57. The maximum Gasteiger partial charge on any atom is 0.133 e. The van der Waals surface area contributed by atoms with E-state index in [4.69, 9.17) is 4.42 Å². The minimum absolute atomic E-state index is 0.792. The van der Waals surface area contributed by atoms with E-state index in [-0.39, 0.29) is 0 Å². The molecule has 13 heavy (non-hydrogen) atoms. The molecule has 1 aromatic rings. The summed E-state index contributed by atoms with van der Waals surface area (Å²) in [5, 5.41) is 0. The summed E-state index contributed by atoms with van der Waals surface area (Å²) in [6.45, 7) is 7.63. The number of furan rings is 1. The molecule has 0 N–H and O–H groups in total. The van der Waals surface area contributed by atoms with E-state index in [1.165, 1.54) is 0 Å². The summed E-state index contributed by atoms with van der Waals surface area (Å²) in [6.07, 6.45) is 5.23. The zero-order chi connectivity index (χ0) is 9.68. The molecule has 1 aromatic heterocycles. The molecule has 0 amide bonds. The van der Waals surface area contributed by atoms with Gasteiger partial charge in [-0.25, -0.2) is 0 Å². The fraction of sp³-hybridized carbons (Fsp3) is 0.182. The van der Waals surface area contributed by atoms with Gasteiger partial charge in [-0.05, 0) is 32.1 Å². The summed E-state index contributed by atoms with van der Waals surface area (Å²) in [4.78, 5) is 3.94. The summed E-state index contributed by atoms with van der Waals surface area (Å²) >= 11 is 0. The predicted molar refractivity (Wildman–Crippen MR) is 55.8 cm³/mol. The molecule has 0 fully saturated rings. The number of hydrogen-bond donors (Lipinski definition) is 0. The van der Waals surface area contributed by atoms with Crippen molar-refractivity contribution in [2.24, 2.45) is 4.99 Å². The largest absolute Gasteiger partial charge is 0.461 e. The van der Waals surface area contributed by atoms with Gasteiger partial charge in [0.2, 0.25) is 0 Å². The number of aryl methyl sites for hydroxylation is 1. The van der Waals surface area contributed by atoms with Gasteiger partial charge in [0.05, 0.1) is 0 Å². The lowest BCUT2D eigenvalue weighted by atomic mass is 10.2. The second kappa shape index (κ2) is 4.45. The molecule has 2 nitrogen and oxygen atoms in total. The van der Waals surface area contributed by atoms with Gasteiger partial charge in [0, 0.05) is 18.0 Å². The van der Waals surface area contributed by atoms with Crippen LogP contribution in [0.1, 0.15) is 18.4 Å². The number of rotatable bonds is 3. The quantitative estimate of drug-likeness (QED) is 0.511. The number of allylic oxidation sites excluding steroid dienone is 2. The van der Waals surface area contributed by atoms with Crippen molar-refractivity contribution in [1.29, 1.82) is 0 Å². The van der Waals surface area contributed by atoms with E-state index in [9.17, 15) is 0 Å². The number of nitrogens with zero attached hydrogens (tertiary/aromatic N) is 1. The second-order valence-corrected chi connectivity index (χ2v) is 2.66. The Labute approximate surface area is 78.3 Å². The highest BCUT2D eigenvalue weighted by Gasteiger charge is 1.98. The first-order valence-corrected chi connectivity index (χ1v) is 4.14. The van der Waals surface area contributed by atoms with Crippen LogP contribution in [0, 0.1) is 6.92 Å². The normalized spacial score (nSPS) is 11.5. The van der Waals surface area contributed by atoms with Crippen LogP contribution in [-0.4, -0.2) is 6.21 Å². The molecular weight excluding hydrogens is 162 g/mol. The highest BCUT2D eigenvalue weighted by molar-refractivity contribution is 5.68. The first-order chi connectivity index (χ1) is 6.24. The molecule has 0 saturated heterocycles. The van der Waals surface area contributed by atoms with Crippen LogP contribution in [0.25, 0.3) is 5.57 Å². The molecule has 1 rings (SSSR count). The van der Waals surface area contributed by atoms with Crippen molar-refractivity contribution in [2.45, 2.75) is 13.8 Å². The summed E-state index contributed by atoms with van der Waals surface area (Å²) in [5.41, 5.74) is 0.832. The lowest BCUT2D eigenvalue weighted by Crippen LogP contribution is -1.71. The summed E-state index contributed by atoms with van der Waals surface area (Å²) < 4.78 is 5.37. The first kappa shape index (κ1) is 9.52. The number of hydrogen-bond acceptors (Lipinski definition) is 2. The molecule has 0 aliphatic heterocycles. The monoisotopic (exact) mass is 175 g/mol. The topological polar surface area (TPSA) is 25.5 Å². The average Bonchev–Trinajstić information content (AvgIpc) is 2.52. The molecule has 0 radical (unpaired) electrons. The van der Waals surface area contributed by atoms with Crippen LogP contribution in [0.2, 0.25) is 0 Å². The Morgan fingerprint density at radius 3 is 2.85 bits per heavy atom. The molecule has 0 unspecified atom stereocenters. The standard InChI is InChI=1S/C11H13NO/c1-4-12-8-7-9(2)11-6-5-10(3)13-11/h4-8H,2H2,1,3H3/b8-7-,12-4+. The third-order valence-corrected chi connectivity index (χ3v) is 1.57. The van der Waals surface area contributed by atoms with Crippen LogP contribution in [0.15, 0.2) is 40.4 Å². The van der Waals surface area contributed by atoms with Crippen molar-refractivity contribution in [3.8, 4) is 0 Å². The number of aliphatic imine (C=N–C) groups is 1. The maximum absolute atomic E-state index is 5.37. The molecule has 0 spiro atoms. The van der Waals surface area contributed by atoms with Crippen LogP contribution < -0.4 is 0 Å². The molecular formula is C11H13NO. The van der Waals surface area contributed by atoms with E-state index in [0.717, 1.165) is 17.1 Å². The SMILES string of the molecule is C=C(/C=C\N=C\C)c1ccc(C)o1. The van der Waals surface area contributed by atoms with Crippen molar-refractivity contribution < 1.29 is 4.42 Å². The van der Waals surface area contributed by atoms with Crippen LogP contribution in [-0.2, 0) is 0 Å². The molecule has 0 atom stereocenters. The Balaban J connectivity index is 2.69. The highest BCUT2D eigenvalue weighted by atomic mass is 16.3. The van der Waals surface area contributed by atoms with Gasteiger partial charge in [-0.2, -0.15) is 0 Å². The first-order valence-electron chi connectivity index (χ1n) is 4.14. The van der Waals surface area contributed by atoms with Gasteiger partial charge in [-0.15, -0.1) is 0 Å². The van der Waals surface area contributed by atoms with E-state index in [1.807, 2.05) is 32.1 Å². The summed E-state index contributed by atoms with van der Waals surface area (Å²) in [6, 6.07) is 3.81. The van der Waals surface area contributed by atoms with Crippen molar-refractivity contribution in [3.63, 3.8) is 0 Å². The van der Waals surface area contributed by atoms with Gasteiger partial charge >= 0.3 is 0 Å². The molecule has 0 aromatic carbocycles. The molecule has 0 aliphatic rings. The molecule has 2 heteroatoms. The van der Waals surface area contributed by atoms with Gasteiger partial charge in [-0.3, -0.25) is 4.99 Å². The van der Waals surface area contributed by atoms with Crippen molar-refractivity contribution in [3.05, 3.63) is 42.5 Å². The Morgan fingerprint density at radius 1 is 1.54 bits per heavy atom. The predicted octanol–water partition coefficient (Wildman–Crippen LogP) is 3.21. The van der Waals surface area contributed by atoms with E-state index in [2.05, 4.69) is 11.6 Å². The maximum atomic E-state index is 5.37. The zero-order valence-electron chi connectivity index (χ0n) is 7.95. The second-order valence-electron chi connectivity index (χ2n) is 2.66. The minimum Gasteiger partial charge on any atom is -0.461 e. The van der Waals surface area contributed by atoms with E-state index < -0.39 is 0 Å². The molecule has 0 aliphatic carbocycles. The lowest BCUT2D eigenvalue weighted by Gasteiger charge is -1.91. The zero-order valence-corrected chi connectivity index (χ0v) is 7.95. The fourth-order valence-electron chi connectivity index (χ4n) is 0.908. The third kappa shape index (κ3) is 2.75.